The van der Waals surface area contributed by atoms with E-state index in [9.17, 15) is 0 Å². The SMILES string of the molecule is Cc1cnc2cc(Cl)ccc2c1N. The molecule has 0 bridgehead atoms. The van der Waals surface area contributed by atoms with Gasteiger partial charge < -0.3 is 5.73 Å². The van der Waals surface area contributed by atoms with Crippen LogP contribution in [0, 0.1) is 6.92 Å². The summed E-state index contributed by atoms with van der Waals surface area (Å²) in [4.78, 5) is 4.24. The summed E-state index contributed by atoms with van der Waals surface area (Å²) < 4.78 is 0. The highest BCUT2D eigenvalue weighted by Crippen LogP contribution is 2.24. The molecule has 1 heterocycles. The standard InChI is InChI=1S/C10H9ClN2/c1-6-5-13-9-4-7(11)2-3-8(9)10(6)12/h2-5H,1H3,(H2,12,13). The number of hydrogen-bond acceptors (Lipinski definition) is 2. The number of aryl methyl sites for hydroxylation is 1. The van der Waals surface area contributed by atoms with E-state index < -0.39 is 0 Å². The first-order chi connectivity index (χ1) is 6.18. The molecule has 0 saturated heterocycles. The van der Waals surface area contributed by atoms with Gasteiger partial charge in [0.05, 0.1) is 5.52 Å². The number of anilines is 1. The molecule has 2 rings (SSSR count). The highest BCUT2D eigenvalue weighted by molar-refractivity contribution is 6.31. The van der Waals surface area contributed by atoms with Crippen LogP contribution in [0.5, 0.6) is 0 Å². The fraction of sp³-hybridized carbons (Fsp3) is 0.100. The van der Waals surface area contributed by atoms with Gasteiger partial charge in [-0.2, -0.15) is 0 Å². The lowest BCUT2D eigenvalue weighted by molar-refractivity contribution is 1.34. The van der Waals surface area contributed by atoms with Gasteiger partial charge in [0.1, 0.15) is 0 Å². The van der Waals surface area contributed by atoms with Gasteiger partial charge in [-0.15, -0.1) is 0 Å². The van der Waals surface area contributed by atoms with Crippen molar-refractivity contribution < 1.29 is 0 Å². The average molecular weight is 193 g/mol. The Morgan fingerprint density at radius 1 is 1.38 bits per heavy atom. The summed E-state index contributed by atoms with van der Waals surface area (Å²) in [7, 11) is 0. The highest BCUT2D eigenvalue weighted by Gasteiger charge is 2.01. The zero-order chi connectivity index (χ0) is 9.42. The quantitative estimate of drug-likeness (QED) is 0.697. The molecule has 2 N–H and O–H groups in total. The van der Waals surface area contributed by atoms with E-state index in [1.54, 1.807) is 6.20 Å². The fourth-order valence-corrected chi connectivity index (χ4v) is 1.45. The van der Waals surface area contributed by atoms with Gasteiger partial charge in [-0.25, -0.2) is 0 Å². The van der Waals surface area contributed by atoms with Crippen LogP contribution in [0.4, 0.5) is 5.69 Å². The maximum Gasteiger partial charge on any atom is 0.0737 e. The third kappa shape index (κ3) is 1.33. The van der Waals surface area contributed by atoms with Crippen LogP contribution in [-0.4, -0.2) is 4.98 Å². The van der Waals surface area contributed by atoms with Crippen molar-refractivity contribution in [3.8, 4) is 0 Å². The summed E-state index contributed by atoms with van der Waals surface area (Å²) in [6.07, 6.45) is 1.76. The zero-order valence-electron chi connectivity index (χ0n) is 7.21. The Balaban J connectivity index is 2.87. The molecule has 0 aliphatic rings. The number of nitrogens with zero attached hydrogens (tertiary/aromatic N) is 1. The van der Waals surface area contributed by atoms with Crippen LogP contribution in [0.15, 0.2) is 24.4 Å². The van der Waals surface area contributed by atoms with Crippen LogP contribution in [0.25, 0.3) is 10.9 Å². The minimum atomic E-state index is 0.684. The van der Waals surface area contributed by atoms with Crippen LogP contribution in [0.2, 0.25) is 5.02 Å². The summed E-state index contributed by atoms with van der Waals surface area (Å²) in [6, 6.07) is 5.53. The minimum absolute atomic E-state index is 0.684. The number of fused-ring (bicyclic) bond motifs is 1. The lowest BCUT2D eigenvalue weighted by atomic mass is 10.1. The first kappa shape index (κ1) is 8.32. The van der Waals surface area contributed by atoms with Crippen molar-refractivity contribution in [2.45, 2.75) is 6.92 Å². The molecule has 2 nitrogen and oxygen atoms in total. The molecule has 0 saturated carbocycles. The van der Waals surface area contributed by atoms with Crippen molar-refractivity contribution in [2.75, 3.05) is 5.73 Å². The fourth-order valence-electron chi connectivity index (χ4n) is 1.29. The third-order valence-corrected chi connectivity index (χ3v) is 2.31. The molecule has 2 aromatic rings. The average Bonchev–Trinajstić information content (AvgIpc) is 2.12. The van der Waals surface area contributed by atoms with Crippen molar-refractivity contribution >= 4 is 28.2 Å². The summed E-state index contributed by atoms with van der Waals surface area (Å²) >= 11 is 5.83. The molecule has 0 unspecified atom stereocenters. The van der Waals surface area contributed by atoms with Gasteiger partial charge >= 0.3 is 0 Å². The number of nitrogens with two attached hydrogens (primary N) is 1. The number of aromatic nitrogens is 1. The summed E-state index contributed by atoms with van der Waals surface area (Å²) in [6.45, 7) is 1.94. The number of halogens is 1. The topological polar surface area (TPSA) is 38.9 Å². The number of pyridine rings is 1. The molecule has 13 heavy (non-hydrogen) atoms. The smallest absolute Gasteiger partial charge is 0.0737 e. The lowest BCUT2D eigenvalue weighted by Crippen LogP contribution is -1.92. The van der Waals surface area contributed by atoms with Gasteiger partial charge in [-0.3, -0.25) is 4.98 Å². The second-order valence-electron chi connectivity index (χ2n) is 3.02. The maximum absolute atomic E-state index is 5.89. The van der Waals surface area contributed by atoms with Gasteiger partial charge in [-0.05, 0) is 30.7 Å². The van der Waals surface area contributed by atoms with E-state index in [-0.39, 0.29) is 0 Å². The molecular formula is C10H9ClN2. The predicted molar refractivity (Wildman–Crippen MR) is 55.9 cm³/mol. The van der Waals surface area contributed by atoms with E-state index in [2.05, 4.69) is 4.98 Å². The largest absolute Gasteiger partial charge is 0.398 e. The molecule has 0 amide bonds. The van der Waals surface area contributed by atoms with E-state index in [0.29, 0.717) is 5.02 Å². The van der Waals surface area contributed by atoms with Crippen LogP contribution in [-0.2, 0) is 0 Å². The second kappa shape index (κ2) is 2.89. The molecule has 0 aliphatic carbocycles. The Kier molecular flexibility index (Phi) is 1.85. The van der Waals surface area contributed by atoms with Crippen LogP contribution < -0.4 is 5.73 Å². The predicted octanol–water partition coefficient (Wildman–Crippen LogP) is 2.78. The Labute approximate surface area is 81.3 Å². The monoisotopic (exact) mass is 192 g/mol. The van der Waals surface area contributed by atoms with Crippen LogP contribution in [0.3, 0.4) is 0 Å². The number of nitrogen functional groups attached to an aromatic ring is 1. The van der Waals surface area contributed by atoms with Crippen molar-refractivity contribution in [3.05, 3.63) is 35.0 Å². The van der Waals surface area contributed by atoms with Crippen LogP contribution >= 0.6 is 11.6 Å². The third-order valence-electron chi connectivity index (χ3n) is 2.07. The molecule has 66 valence electrons. The Bertz CT molecular complexity index is 466. The van der Waals surface area contributed by atoms with E-state index in [1.165, 1.54) is 0 Å². The molecule has 0 radical (unpaired) electrons. The van der Waals surface area contributed by atoms with Gasteiger partial charge in [-0.1, -0.05) is 11.6 Å². The van der Waals surface area contributed by atoms with Crippen molar-refractivity contribution in [1.82, 2.24) is 4.98 Å². The van der Waals surface area contributed by atoms with Crippen LogP contribution in [0.1, 0.15) is 5.56 Å². The first-order valence-corrected chi connectivity index (χ1v) is 4.36. The highest BCUT2D eigenvalue weighted by atomic mass is 35.5. The number of hydrogen-bond donors (Lipinski definition) is 1. The van der Waals surface area contributed by atoms with Gasteiger partial charge in [0.15, 0.2) is 0 Å². The van der Waals surface area contributed by atoms with Crippen molar-refractivity contribution in [1.29, 1.82) is 0 Å². The first-order valence-electron chi connectivity index (χ1n) is 3.99. The summed E-state index contributed by atoms with van der Waals surface area (Å²) in [5.74, 6) is 0. The van der Waals surface area contributed by atoms with E-state index in [1.807, 2.05) is 25.1 Å². The lowest BCUT2D eigenvalue weighted by Gasteiger charge is -2.04. The molecule has 0 spiro atoms. The zero-order valence-corrected chi connectivity index (χ0v) is 7.97. The molecule has 1 aromatic carbocycles. The maximum atomic E-state index is 5.89. The van der Waals surface area contributed by atoms with E-state index in [0.717, 1.165) is 22.2 Å². The van der Waals surface area contributed by atoms with Crippen molar-refractivity contribution in [3.63, 3.8) is 0 Å². The van der Waals surface area contributed by atoms with Gasteiger partial charge in [0.2, 0.25) is 0 Å². The summed E-state index contributed by atoms with van der Waals surface area (Å²) in [5.41, 5.74) is 8.50. The van der Waals surface area contributed by atoms with Gasteiger partial charge in [0, 0.05) is 22.3 Å². The van der Waals surface area contributed by atoms with E-state index in [4.69, 9.17) is 17.3 Å². The number of benzene rings is 1. The Morgan fingerprint density at radius 2 is 2.15 bits per heavy atom. The molecule has 1 aromatic heterocycles. The normalized spacial score (nSPS) is 10.6. The summed E-state index contributed by atoms with van der Waals surface area (Å²) in [5, 5.41) is 1.65. The van der Waals surface area contributed by atoms with Gasteiger partial charge in [0.25, 0.3) is 0 Å². The molecule has 0 atom stereocenters. The molecule has 3 heteroatoms. The molecule has 0 aliphatic heterocycles. The molecule has 0 fully saturated rings. The second-order valence-corrected chi connectivity index (χ2v) is 3.45. The Hall–Kier alpha value is -1.28. The van der Waals surface area contributed by atoms with E-state index >= 15 is 0 Å². The van der Waals surface area contributed by atoms with Crippen molar-refractivity contribution in [2.24, 2.45) is 0 Å². The molecular weight excluding hydrogens is 184 g/mol. The Morgan fingerprint density at radius 3 is 2.92 bits per heavy atom. The minimum Gasteiger partial charge on any atom is -0.398 e. The number of rotatable bonds is 0.